The fourth-order valence-corrected chi connectivity index (χ4v) is 4.82. The van der Waals surface area contributed by atoms with Gasteiger partial charge in [-0.3, -0.25) is 4.90 Å². The first-order valence-corrected chi connectivity index (χ1v) is 11.5. The van der Waals surface area contributed by atoms with E-state index in [0.717, 1.165) is 18.7 Å². The van der Waals surface area contributed by atoms with Crippen LogP contribution in [0.2, 0.25) is 0 Å². The standard InChI is InChI=1S/C19H30N4O5S/c1-2-28-19(24)22-8-10-23(11-9-22)29(25,26)20-16-18(17-6-4-3-5-7-17)21-12-14-27-15-13-21/h3-7,18,20H,2,8-16H2,1H3. The molecule has 162 valence electrons. The molecular weight excluding hydrogens is 396 g/mol. The Labute approximate surface area is 172 Å². The Morgan fingerprint density at radius 1 is 1.10 bits per heavy atom. The molecule has 0 spiro atoms. The Bertz CT molecular complexity index is 747. The molecule has 1 atom stereocenters. The zero-order valence-electron chi connectivity index (χ0n) is 16.8. The molecule has 0 aromatic heterocycles. The molecule has 10 heteroatoms. The summed E-state index contributed by atoms with van der Waals surface area (Å²) in [5.41, 5.74) is 1.07. The molecule has 0 aliphatic carbocycles. The van der Waals surface area contributed by atoms with Gasteiger partial charge in [0.25, 0.3) is 10.2 Å². The lowest BCUT2D eigenvalue weighted by atomic mass is 10.1. The van der Waals surface area contributed by atoms with Gasteiger partial charge < -0.3 is 14.4 Å². The summed E-state index contributed by atoms with van der Waals surface area (Å²) in [5, 5.41) is 0. The lowest BCUT2D eigenvalue weighted by Gasteiger charge is -2.36. The Balaban J connectivity index is 1.60. The minimum absolute atomic E-state index is 0.0595. The van der Waals surface area contributed by atoms with Crippen LogP contribution in [0.3, 0.4) is 0 Å². The summed E-state index contributed by atoms with van der Waals surface area (Å²) in [4.78, 5) is 15.6. The number of ether oxygens (including phenoxy) is 2. The highest BCUT2D eigenvalue weighted by Crippen LogP contribution is 2.21. The van der Waals surface area contributed by atoms with Gasteiger partial charge >= 0.3 is 6.09 Å². The number of piperazine rings is 1. The minimum atomic E-state index is -3.64. The highest BCUT2D eigenvalue weighted by Gasteiger charge is 2.31. The van der Waals surface area contributed by atoms with Gasteiger partial charge in [-0.25, -0.2) is 9.52 Å². The van der Waals surface area contributed by atoms with Crippen molar-refractivity contribution in [2.75, 3.05) is 65.6 Å². The van der Waals surface area contributed by atoms with Crippen LogP contribution >= 0.6 is 0 Å². The molecule has 2 fully saturated rings. The molecule has 1 amide bonds. The number of hydrogen-bond acceptors (Lipinski definition) is 6. The van der Waals surface area contributed by atoms with Crippen LogP contribution in [0.25, 0.3) is 0 Å². The second-order valence-electron chi connectivity index (χ2n) is 7.01. The molecule has 3 rings (SSSR count). The van der Waals surface area contributed by atoms with Crippen molar-refractivity contribution in [3.8, 4) is 0 Å². The van der Waals surface area contributed by atoms with E-state index in [1.807, 2.05) is 30.3 Å². The summed E-state index contributed by atoms with van der Waals surface area (Å²) < 4.78 is 40.3. The maximum atomic E-state index is 12.8. The first kappa shape index (κ1) is 22.0. The van der Waals surface area contributed by atoms with E-state index in [1.54, 1.807) is 6.92 Å². The molecule has 9 nitrogen and oxygen atoms in total. The number of benzene rings is 1. The summed E-state index contributed by atoms with van der Waals surface area (Å²) >= 11 is 0. The maximum Gasteiger partial charge on any atom is 0.409 e. The van der Waals surface area contributed by atoms with Crippen LogP contribution in [0.5, 0.6) is 0 Å². The molecule has 2 aliphatic heterocycles. The summed E-state index contributed by atoms with van der Waals surface area (Å²) in [6.07, 6.45) is -0.394. The van der Waals surface area contributed by atoms with Gasteiger partial charge in [-0.15, -0.1) is 0 Å². The number of carbonyl (C=O) groups excluding carboxylic acids is 1. The fraction of sp³-hybridized carbons (Fsp3) is 0.632. The van der Waals surface area contributed by atoms with E-state index in [4.69, 9.17) is 9.47 Å². The minimum Gasteiger partial charge on any atom is -0.450 e. The highest BCUT2D eigenvalue weighted by atomic mass is 32.2. The van der Waals surface area contributed by atoms with Crippen LogP contribution in [0.4, 0.5) is 4.79 Å². The Morgan fingerprint density at radius 2 is 1.76 bits per heavy atom. The first-order valence-electron chi connectivity index (χ1n) is 10.0. The molecule has 1 unspecified atom stereocenters. The zero-order chi connectivity index (χ0) is 20.7. The second-order valence-corrected chi connectivity index (χ2v) is 8.77. The molecule has 0 saturated carbocycles. The van der Waals surface area contributed by atoms with Crippen molar-refractivity contribution in [1.29, 1.82) is 0 Å². The quantitative estimate of drug-likeness (QED) is 0.689. The zero-order valence-corrected chi connectivity index (χ0v) is 17.6. The number of nitrogens with zero attached hydrogens (tertiary/aromatic N) is 3. The monoisotopic (exact) mass is 426 g/mol. The SMILES string of the molecule is CCOC(=O)N1CCN(S(=O)(=O)NCC(c2ccccc2)N2CCOCC2)CC1. The smallest absolute Gasteiger partial charge is 0.409 e. The number of morpholine rings is 1. The Morgan fingerprint density at radius 3 is 2.38 bits per heavy atom. The van der Waals surface area contributed by atoms with Crippen LogP contribution in [-0.2, 0) is 19.7 Å². The summed E-state index contributed by atoms with van der Waals surface area (Å²) in [7, 11) is -3.64. The number of rotatable bonds is 7. The average molecular weight is 427 g/mol. The predicted molar refractivity (Wildman–Crippen MR) is 109 cm³/mol. The predicted octanol–water partition coefficient (Wildman–Crippen LogP) is 0.668. The van der Waals surface area contributed by atoms with Crippen LogP contribution in [0.15, 0.2) is 30.3 Å². The van der Waals surface area contributed by atoms with Gasteiger partial charge in [0.2, 0.25) is 0 Å². The molecule has 0 bridgehead atoms. The van der Waals surface area contributed by atoms with Crippen molar-refractivity contribution < 1.29 is 22.7 Å². The molecule has 2 aliphatic rings. The van der Waals surface area contributed by atoms with Crippen molar-refractivity contribution in [2.24, 2.45) is 0 Å². The lowest BCUT2D eigenvalue weighted by Crippen LogP contribution is -2.54. The number of nitrogens with one attached hydrogen (secondary N) is 1. The largest absolute Gasteiger partial charge is 0.450 e. The van der Waals surface area contributed by atoms with E-state index >= 15 is 0 Å². The van der Waals surface area contributed by atoms with Gasteiger partial charge in [-0.1, -0.05) is 30.3 Å². The number of carbonyl (C=O) groups is 1. The van der Waals surface area contributed by atoms with E-state index in [2.05, 4.69) is 9.62 Å². The molecule has 2 heterocycles. The summed E-state index contributed by atoms with van der Waals surface area (Å²) in [6.45, 7) is 6.31. The topological polar surface area (TPSA) is 91.4 Å². The number of hydrogen-bond donors (Lipinski definition) is 1. The Hall–Kier alpha value is -1.72. The molecule has 1 N–H and O–H groups in total. The van der Waals surface area contributed by atoms with Crippen molar-refractivity contribution in [2.45, 2.75) is 13.0 Å². The van der Waals surface area contributed by atoms with Gasteiger partial charge in [-0.05, 0) is 12.5 Å². The van der Waals surface area contributed by atoms with Gasteiger partial charge in [0.1, 0.15) is 0 Å². The van der Waals surface area contributed by atoms with Gasteiger partial charge in [0, 0.05) is 51.9 Å². The van der Waals surface area contributed by atoms with Gasteiger partial charge in [-0.2, -0.15) is 12.7 Å². The van der Waals surface area contributed by atoms with Crippen LogP contribution in [0.1, 0.15) is 18.5 Å². The second kappa shape index (κ2) is 10.4. The van der Waals surface area contributed by atoms with E-state index in [1.165, 1.54) is 9.21 Å². The molecule has 0 radical (unpaired) electrons. The fourth-order valence-electron chi connectivity index (χ4n) is 3.62. The van der Waals surface area contributed by atoms with Crippen molar-refractivity contribution in [3.63, 3.8) is 0 Å². The maximum absolute atomic E-state index is 12.8. The van der Waals surface area contributed by atoms with Crippen LogP contribution in [-0.4, -0.2) is 94.3 Å². The lowest BCUT2D eigenvalue weighted by molar-refractivity contribution is 0.0171. The highest BCUT2D eigenvalue weighted by molar-refractivity contribution is 7.87. The number of amides is 1. The average Bonchev–Trinajstić information content (AvgIpc) is 2.75. The molecule has 29 heavy (non-hydrogen) atoms. The van der Waals surface area contributed by atoms with Gasteiger partial charge in [0.15, 0.2) is 0 Å². The van der Waals surface area contributed by atoms with Gasteiger partial charge in [0.05, 0.1) is 19.8 Å². The van der Waals surface area contributed by atoms with E-state index < -0.39 is 16.3 Å². The Kier molecular flexibility index (Phi) is 7.84. The van der Waals surface area contributed by atoms with Crippen LogP contribution < -0.4 is 4.72 Å². The normalized spacial score (nSPS) is 20.4. The first-order chi connectivity index (χ1) is 14.0. The summed E-state index contributed by atoms with van der Waals surface area (Å²) in [5.74, 6) is 0. The van der Waals surface area contributed by atoms with Crippen molar-refractivity contribution >= 4 is 16.3 Å². The molecule has 1 aromatic carbocycles. The molecule has 2 saturated heterocycles. The molecular formula is C19H30N4O5S. The van der Waals surface area contributed by atoms with Crippen LogP contribution in [0, 0.1) is 0 Å². The third-order valence-electron chi connectivity index (χ3n) is 5.23. The summed E-state index contributed by atoms with van der Waals surface area (Å²) in [6, 6.07) is 9.86. The third-order valence-corrected chi connectivity index (χ3v) is 6.81. The molecule has 1 aromatic rings. The van der Waals surface area contributed by atoms with E-state index in [0.29, 0.717) is 32.9 Å². The third kappa shape index (κ3) is 5.89. The van der Waals surface area contributed by atoms with Crippen molar-refractivity contribution in [3.05, 3.63) is 35.9 Å². The van der Waals surface area contributed by atoms with E-state index in [-0.39, 0.29) is 25.7 Å². The van der Waals surface area contributed by atoms with Crippen molar-refractivity contribution in [1.82, 2.24) is 18.8 Å². The van der Waals surface area contributed by atoms with E-state index in [9.17, 15) is 13.2 Å².